The molecule has 0 spiro atoms. The average molecular weight is 379 g/mol. The molecule has 0 atom stereocenters. The van der Waals surface area contributed by atoms with Gasteiger partial charge >= 0.3 is 0 Å². The molecule has 1 fully saturated rings. The van der Waals surface area contributed by atoms with Crippen LogP contribution in [0, 0.1) is 0 Å². The Kier molecular flexibility index (Phi) is 5.44. The normalized spacial score (nSPS) is 14.7. The first-order valence-electron chi connectivity index (χ1n) is 8.33. The zero-order chi connectivity index (χ0) is 18.7. The van der Waals surface area contributed by atoms with Crippen LogP contribution < -0.4 is 24.3 Å². The number of halogens is 1. The van der Waals surface area contributed by atoms with Crippen molar-refractivity contribution < 1.29 is 18.9 Å². The van der Waals surface area contributed by atoms with Crippen LogP contribution in [0.3, 0.4) is 0 Å². The Bertz CT molecular complexity index is 768. The maximum atomic E-state index is 6.33. The first kappa shape index (κ1) is 18.6. The summed E-state index contributed by atoms with van der Waals surface area (Å²) in [5, 5.41) is 3.68. The van der Waals surface area contributed by atoms with Crippen molar-refractivity contribution >= 4 is 11.6 Å². The van der Waals surface area contributed by atoms with E-state index in [0.29, 0.717) is 34.8 Å². The molecule has 1 aliphatic rings. The van der Waals surface area contributed by atoms with Crippen molar-refractivity contribution in [2.45, 2.75) is 18.4 Å². The molecule has 3 rings (SSSR count). The van der Waals surface area contributed by atoms with Crippen LogP contribution in [0.25, 0.3) is 11.1 Å². The summed E-state index contributed by atoms with van der Waals surface area (Å²) in [5.41, 5.74) is 1.63. The van der Waals surface area contributed by atoms with Crippen LogP contribution in [0.1, 0.15) is 12.8 Å². The monoisotopic (exact) mass is 378 g/mol. The number of likely N-dealkylation sites (N-methyl/N-ethyl adjacent to an activating group) is 1. The minimum atomic E-state index is 0.0896. The van der Waals surface area contributed by atoms with E-state index in [1.54, 1.807) is 27.5 Å². The summed E-state index contributed by atoms with van der Waals surface area (Å²) in [6, 6.07) is 5.55. The summed E-state index contributed by atoms with van der Waals surface area (Å²) in [4.78, 5) is 4.26. The maximum Gasteiger partial charge on any atom is 0.203 e. The number of rotatable bonds is 8. The second-order valence-electron chi connectivity index (χ2n) is 6.24. The van der Waals surface area contributed by atoms with Gasteiger partial charge in [-0.05, 0) is 43.7 Å². The van der Waals surface area contributed by atoms with Gasteiger partial charge in [0.2, 0.25) is 5.75 Å². The van der Waals surface area contributed by atoms with E-state index in [0.717, 1.165) is 24.0 Å². The van der Waals surface area contributed by atoms with Crippen LogP contribution in [0.4, 0.5) is 0 Å². The van der Waals surface area contributed by atoms with Gasteiger partial charge in [0.15, 0.2) is 11.5 Å². The summed E-state index contributed by atoms with van der Waals surface area (Å²) in [7, 11) is 6.68. The summed E-state index contributed by atoms with van der Waals surface area (Å²) >= 11 is 6.33. The van der Waals surface area contributed by atoms with Crippen LogP contribution in [0.15, 0.2) is 24.4 Å². The van der Waals surface area contributed by atoms with Crippen LogP contribution in [0.5, 0.6) is 23.0 Å². The molecular formula is C19H23ClN2O4. The lowest BCUT2D eigenvalue weighted by Gasteiger charge is -2.17. The minimum absolute atomic E-state index is 0.0896. The Hall–Kier alpha value is -2.18. The number of hydrogen-bond donors (Lipinski definition) is 1. The van der Waals surface area contributed by atoms with Gasteiger partial charge in [0.1, 0.15) is 17.5 Å². The van der Waals surface area contributed by atoms with Crippen molar-refractivity contribution in [3.05, 3.63) is 29.5 Å². The summed E-state index contributed by atoms with van der Waals surface area (Å²) in [6.45, 7) is 0.599. The van der Waals surface area contributed by atoms with Crippen LogP contribution in [0.2, 0.25) is 5.15 Å². The Balaban J connectivity index is 1.94. The van der Waals surface area contributed by atoms with Gasteiger partial charge < -0.3 is 24.3 Å². The molecule has 1 aromatic carbocycles. The molecule has 1 N–H and O–H groups in total. The third-order valence-corrected chi connectivity index (χ3v) is 4.99. The highest BCUT2D eigenvalue weighted by atomic mass is 35.5. The Morgan fingerprint density at radius 2 is 1.73 bits per heavy atom. The highest BCUT2D eigenvalue weighted by molar-refractivity contribution is 6.32. The highest BCUT2D eigenvalue weighted by Gasteiger charge is 2.41. The van der Waals surface area contributed by atoms with Crippen LogP contribution in [-0.4, -0.2) is 45.5 Å². The highest BCUT2D eigenvalue weighted by Crippen LogP contribution is 2.43. The molecule has 140 valence electrons. The number of methoxy groups -OCH3 is 3. The van der Waals surface area contributed by atoms with Gasteiger partial charge in [-0.3, -0.25) is 0 Å². The lowest BCUT2D eigenvalue weighted by Crippen LogP contribution is -2.33. The van der Waals surface area contributed by atoms with Gasteiger partial charge in [-0.1, -0.05) is 11.6 Å². The van der Waals surface area contributed by atoms with Crippen molar-refractivity contribution in [3.63, 3.8) is 0 Å². The minimum Gasteiger partial charge on any atom is -0.493 e. The SMILES string of the molecule is CNC1(COc2cnc(Cl)c(-c3cc(OC)c(OC)c(OC)c3)c2)CC1. The van der Waals surface area contributed by atoms with E-state index >= 15 is 0 Å². The molecule has 26 heavy (non-hydrogen) atoms. The molecule has 0 bridgehead atoms. The number of benzene rings is 1. The number of nitrogens with one attached hydrogen (secondary N) is 1. The second kappa shape index (κ2) is 7.60. The first-order valence-corrected chi connectivity index (χ1v) is 8.71. The smallest absolute Gasteiger partial charge is 0.203 e. The average Bonchev–Trinajstić information content (AvgIpc) is 3.46. The molecule has 0 radical (unpaired) electrons. The predicted molar refractivity (Wildman–Crippen MR) is 101 cm³/mol. The Morgan fingerprint density at radius 3 is 2.23 bits per heavy atom. The topological polar surface area (TPSA) is 61.8 Å². The van der Waals surface area contributed by atoms with Crippen molar-refractivity contribution in [1.82, 2.24) is 10.3 Å². The van der Waals surface area contributed by atoms with Crippen molar-refractivity contribution in [2.24, 2.45) is 0 Å². The molecular weight excluding hydrogens is 356 g/mol. The third-order valence-electron chi connectivity index (χ3n) is 4.69. The quantitative estimate of drug-likeness (QED) is 0.709. The molecule has 6 nitrogen and oxygen atoms in total. The summed E-state index contributed by atoms with van der Waals surface area (Å²) in [5.74, 6) is 2.30. The van der Waals surface area contributed by atoms with Crippen molar-refractivity contribution in [2.75, 3.05) is 35.0 Å². The van der Waals surface area contributed by atoms with Gasteiger partial charge in [0.05, 0.1) is 33.1 Å². The molecule has 0 aliphatic heterocycles. The number of nitrogens with zero attached hydrogens (tertiary/aromatic N) is 1. The Labute approximate surface area is 158 Å². The molecule has 1 saturated carbocycles. The number of ether oxygens (including phenoxy) is 4. The van der Waals surface area contributed by atoms with E-state index < -0.39 is 0 Å². The second-order valence-corrected chi connectivity index (χ2v) is 6.60. The van der Waals surface area contributed by atoms with Gasteiger partial charge in [-0.25, -0.2) is 4.98 Å². The van der Waals surface area contributed by atoms with Gasteiger partial charge in [0, 0.05) is 5.56 Å². The van der Waals surface area contributed by atoms with E-state index in [1.807, 2.05) is 25.2 Å². The fourth-order valence-corrected chi connectivity index (χ4v) is 3.00. The van der Waals surface area contributed by atoms with Crippen molar-refractivity contribution in [1.29, 1.82) is 0 Å². The van der Waals surface area contributed by atoms with E-state index in [1.165, 1.54) is 0 Å². The standard InChI is InChI=1S/C19H23ClN2O4/c1-21-19(5-6-19)11-26-13-9-14(18(20)22-10-13)12-7-15(23-2)17(25-4)16(8-12)24-3/h7-10,21H,5-6,11H2,1-4H3. The maximum absolute atomic E-state index is 6.33. The van der Waals surface area contributed by atoms with E-state index in [9.17, 15) is 0 Å². The van der Waals surface area contributed by atoms with Crippen molar-refractivity contribution in [3.8, 4) is 34.1 Å². The fraction of sp³-hybridized carbons (Fsp3) is 0.421. The zero-order valence-corrected chi connectivity index (χ0v) is 16.1. The van der Waals surface area contributed by atoms with Gasteiger partial charge in [-0.15, -0.1) is 0 Å². The van der Waals surface area contributed by atoms with E-state index in [2.05, 4.69) is 10.3 Å². The molecule has 1 aliphatic carbocycles. The number of pyridine rings is 1. The molecule has 0 amide bonds. The van der Waals surface area contributed by atoms with Crippen LogP contribution in [-0.2, 0) is 0 Å². The molecule has 2 aromatic rings. The largest absolute Gasteiger partial charge is 0.493 e. The molecule has 7 heteroatoms. The van der Waals surface area contributed by atoms with Crippen LogP contribution >= 0.6 is 11.6 Å². The molecule has 1 heterocycles. The molecule has 0 saturated heterocycles. The first-order chi connectivity index (χ1) is 12.6. The Morgan fingerprint density at radius 1 is 1.08 bits per heavy atom. The van der Waals surface area contributed by atoms with E-state index in [-0.39, 0.29) is 5.54 Å². The predicted octanol–water partition coefficient (Wildman–Crippen LogP) is 3.56. The van der Waals surface area contributed by atoms with Gasteiger partial charge in [-0.2, -0.15) is 0 Å². The fourth-order valence-electron chi connectivity index (χ4n) is 2.79. The summed E-state index contributed by atoms with van der Waals surface area (Å²) in [6.07, 6.45) is 3.87. The van der Waals surface area contributed by atoms with E-state index in [4.69, 9.17) is 30.5 Å². The third kappa shape index (κ3) is 3.66. The molecule has 1 aromatic heterocycles. The van der Waals surface area contributed by atoms with Gasteiger partial charge in [0.25, 0.3) is 0 Å². The lowest BCUT2D eigenvalue weighted by atomic mass is 10.1. The zero-order valence-electron chi connectivity index (χ0n) is 15.4. The number of hydrogen-bond acceptors (Lipinski definition) is 6. The summed E-state index contributed by atoms with van der Waals surface area (Å²) < 4.78 is 22.1. The number of aromatic nitrogens is 1. The lowest BCUT2D eigenvalue weighted by molar-refractivity contribution is 0.259. The molecule has 0 unspecified atom stereocenters.